The Morgan fingerprint density at radius 1 is 1.48 bits per heavy atom. The second kappa shape index (κ2) is 7.34. The van der Waals surface area contributed by atoms with Crippen LogP contribution in [0, 0.1) is 12.8 Å². The first kappa shape index (κ1) is 15.7. The van der Waals surface area contributed by atoms with E-state index in [9.17, 15) is 0 Å². The van der Waals surface area contributed by atoms with E-state index in [-0.39, 0.29) is 0 Å². The predicted octanol–water partition coefficient (Wildman–Crippen LogP) is 2.59. The molecule has 0 radical (unpaired) electrons. The lowest BCUT2D eigenvalue weighted by molar-refractivity contribution is 0.270. The highest BCUT2D eigenvalue weighted by Gasteiger charge is 2.17. The molecule has 21 heavy (non-hydrogen) atoms. The van der Waals surface area contributed by atoms with Crippen molar-refractivity contribution >= 4 is 5.96 Å². The highest BCUT2D eigenvalue weighted by Crippen LogP contribution is 2.20. The van der Waals surface area contributed by atoms with Crippen LogP contribution in [0.1, 0.15) is 30.9 Å². The molecule has 0 spiro atoms. The summed E-state index contributed by atoms with van der Waals surface area (Å²) in [5.41, 5.74) is 8.56. The summed E-state index contributed by atoms with van der Waals surface area (Å²) in [6.07, 6.45) is 3.36. The maximum atomic E-state index is 6.12. The number of nitrogens with two attached hydrogens (primary N) is 1. The molecule has 2 rings (SSSR count). The summed E-state index contributed by atoms with van der Waals surface area (Å²) in [5.74, 6) is 2.33. The van der Waals surface area contributed by atoms with E-state index in [4.69, 9.17) is 10.5 Å². The molecule has 1 heterocycles. The Labute approximate surface area is 128 Å². The SMILES string of the molecule is COc1ccc(C)cc1CCN=C(N)N1CCCC(C)C1. The summed E-state index contributed by atoms with van der Waals surface area (Å²) < 4.78 is 5.40. The molecule has 1 unspecified atom stereocenters. The lowest BCUT2D eigenvalue weighted by Gasteiger charge is -2.31. The monoisotopic (exact) mass is 289 g/mol. The molecule has 1 aliphatic heterocycles. The van der Waals surface area contributed by atoms with Crippen LogP contribution in [0.2, 0.25) is 0 Å². The maximum absolute atomic E-state index is 6.12. The van der Waals surface area contributed by atoms with Gasteiger partial charge in [-0.05, 0) is 43.7 Å². The molecule has 1 aromatic carbocycles. The highest BCUT2D eigenvalue weighted by atomic mass is 16.5. The van der Waals surface area contributed by atoms with Crippen molar-refractivity contribution in [1.82, 2.24) is 4.90 Å². The van der Waals surface area contributed by atoms with E-state index in [1.54, 1.807) is 7.11 Å². The third-order valence-electron chi connectivity index (χ3n) is 4.07. The van der Waals surface area contributed by atoms with Gasteiger partial charge in [0, 0.05) is 19.6 Å². The van der Waals surface area contributed by atoms with Crippen molar-refractivity contribution in [1.29, 1.82) is 0 Å². The quantitative estimate of drug-likeness (QED) is 0.684. The second-order valence-electron chi connectivity index (χ2n) is 6.00. The molecule has 0 bridgehead atoms. The molecule has 0 aliphatic carbocycles. The first-order chi connectivity index (χ1) is 10.1. The Bertz CT molecular complexity index is 499. The molecule has 2 N–H and O–H groups in total. The molecule has 4 nitrogen and oxygen atoms in total. The number of rotatable bonds is 4. The van der Waals surface area contributed by atoms with Crippen molar-refractivity contribution in [2.45, 2.75) is 33.1 Å². The van der Waals surface area contributed by atoms with E-state index in [0.29, 0.717) is 18.4 Å². The topological polar surface area (TPSA) is 50.9 Å². The van der Waals surface area contributed by atoms with Crippen LogP contribution >= 0.6 is 0 Å². The smallest absolute Gasteiger partial charge is 0.191 e. The zero-order valence-electron chi connectivity index (χ0n) is 13.4. The number of ether oxygens (including phenoxy) is 1. The Hall–Kier alpha value is -1.71. The van der Waals surface area contributed by atoms with Gasteiger partial charge in [-0.3, -0.25) is 4.99 Å². The molecule has 0 saturated carbocycles. The van der Waals surface area contributed by atoms with Crippen LogP contribution in [0.25, 0.3) is 0 Å². The summed E-state index contributed by atoms with van der Waals surface area (Å²) >= 11 is 0. The molecule has 0 aromatic heterocycles. The number of hydrogen-bond acceptors (Lipinski definition) is 2. The summed E-state index contributed by atoms with van der Waals surface area (Å²) in [6, 6.07) is 6.24. The van der Waals surface area contributed by atoms with Crippen LogP contribution in [-0.4, -0.2) is 37.6 Å². The molecule has 1 saturated heterocycles. The Balaban J connectivity index is 1.93. The van der Waals surface area contributed by atoms with Crippen LogP contribution in [-0.2, 0) is 6.42 Å². The van der Waals surface area contributed by atoms with Crippen molar-refractivity contribution in [3.05, 3.63) is 29.3 Å². The van der Waals surface area contributed by atoms with E-state index in [1.807, 2.05) is 6.07 Å². The number of nitrogens with zero attached hydrogens (tertiary/aromatic N) is 2. The number of hydrogen-bond donors (Lipinski definition) is 1. The van der Waals surface area contributed by atoms with Crippen LogP contribution in [0.5, 0.6) is 5.75 Å². The van der Waals surface area contributed by atoms with Crippen LogP contribution < -0.4 is 10.5 Å². The fourth-order valence-corrected chi connectivity index (χ4v) is 2.89. The first-order valence-corrected chi connectivity index (χ1v) is 7.78. The third-order valence-corrected chi connectivity index (χ3v) is 4.07. The standard InChI is InChI=1S/C17H27N3O/c1-13-6-7-16(21-3)15(11-13)8-9-19-17(18)20-10-4-5-14(2)12-20/h6-7,11,14H,4-5,8-10,12H2,1-3H3,(H2,18,19). The second-order valence-corrected chi connectivity index (χ2v) is 6.00. The Morgan fingerprint density at radius 3 is 3.00 bits per heavy atom. The van der Waals surface area contributed by atoms with Crippen molar-refractivity contribution < 1.29 is 4.74 Å². The minimum absolute atomic E-state index is 0.688. The first-order valence-electron chi connectivity index (χ1n) is 7.78. The largest absolute Gasteiger partial charge is 0.496 e. The van der Waals surface area contributed by atoms with Gasteiger partial charge in [-0.1, -0.05) is 24.6 Å². The molecule has 4 heteroatoms. The molecule has 0 amide bonds. The minimum atomic E-state index is 0.688. The molecule has 1 fully saturated rings. The number of aliphatic imine (C=N–C) groups is 1. The third kappa shape index (κ3) is 4.38. The molecule has 1 aromatic rings. The molecule has 116 valence electrons. The zero-order chi connectivity index (χ0) is 15.2. The summed E-state index contributed by atoms with van der Waals surface area (Å²) in [6.45, 7) is 7.14. The van der Waals surface area contributed by atoms with Gasteiger partial charge in [0.25, 0.3) is 0 Å². The molecule has 1 aliphatic rings. The van der Waals surface area contributed by atoms with Crippen LogP contribution in [0.4, 0.5) is 0 Å². The maximum Gasteiger partial charge on any atom is 0.191 e. The summed E-state index contributed by atoms with van der Waals surface area (Å²) in [7, 11) is 1.71. The molecular weight excluding hydrogens is 262 g/mol. The lowest BCUT2D eigenvalue weighted by atomic mass is 10.0. The molecular formula is C17H27N3O. The normalized spacial score (nSPS) is 19.7. The van der Waals surface area contributed by atoms with Gasteiger partial charge in [0.05, 0.1) is 7.11 Å². The van der Waals surface area contributed by atoms with Crippen LogP contribution in [0.3, 0.4) is 0 Å². The average molecular weight is 289 g/mol. The Morgan fingerprint density at radius 2 is 2.29 bits per heavy atom. The van der Waals surface area contributed by atoms with Gasteiger partial charge in [-0.2, -0.15) is 0 Å². The number of benzene rings is 1. The highest BCUT2D eigenvalue weighted by molar-refractivity contribution is 5.78. The number of likely N-dealkylation sites (tertiary alicyclic amines) is 1. The predicted molar refractivity (Wildman–Crippen MR) is 87.9 cm³/mol. The van der Waals surface area contributed by atoms with Gasteiger partial charge in [0.2, 0.25) is 0 Å². The van der Waals surface area contributed by atoms with E-state index in [1.165, 1.54) is 24.0 Å². The van der Waals surface area contributed by atoms with E-state index in [0.717, 1.165) is 25.3 Å². The summed E-state index contributed by atoms with van der Waals surface area (Å²) in [4.78, 5) is 6.76. The number of guanidine groups is 1. The van der Waals surface area contributed by atoms with Crippen molar-refractivity contribution in [3.8, 4) is 5.75 Å². The fraction of sp³-hybridized carbons (Fsp3) is 0.588. The molecule has 1 atom stereocenters. The van der Waals surface area contributed by atoms with Gasteiger partial charge < -0.3 is 15.4 Å². The Kier molecular flexibility index (Phi) is 5.48. The fourth-order valence-electron chi connectivity index (χ4n) is 2.89. The number of aryl methyl sites for hydroxylation is 1. The van der Waals surface area contributed by atoms with E-state index in [2.05, 4.69) is 35.9 Å². The lowest BCUT2D eigenvalue weighted by Crippen LogP contribution is -2.43. The average Bonchev–Trinajstić information content (AvgIpc) is 2.47. The minimum Gasteiger partial charge on any atom is -0.496 e. The van der Waals surface area contributed by atoms with Crippen molar-refractivity contribution in [3.63, 3.8) is 0 Å². The van der Waals surface area contributed by atoms with Gasteiger partial charge in [-0.25, -0.2) is 0 Å². The summed E-state index contributed by atoms with van der Waals surface area (Å²) in [5, 5.41) is 0. The van der Waals surface area contributed by atoms with Crippen molar-refractivity contribution in [2.24, 2.45) is 16.6 Å². The van der Waals surface area contributed by atoms with Crippen molar-refractivity contribution in [2.75, 3.05) is 26.7 Å². The van der Waals surface area contributed by atoms with Gasteiger partial charge >= 0.3 is 0 Å². The van der Waals surface area contributed by atoms with E-state index >= 15 is 0 Å². The van der Waals surface area contributed by atoms with Gasteiger partial charge in [0.15, 0.2) is 5.96 Å². The van der Waals surface area contributed by atoms with Gasteiger partial charge in [0.1, 0.15) is 5.75 Å². The zero-order valence-corrected chi connectivity index (χ0v) is 13.4. The number of methoxy groups -OCH3 is 1. The van der Waals surface area contributed by atoms with E-state index < -0.39 is 0 Å². The van der Waals surface area contributed by atoms with Crippen LogP contribution in [0.15, 0.2) is 23.2 Å². The van der Waals surface area contributed by atoms with Gasteiger partial charge in [-0.15, -0.1) is 0 Å². The number of piperidine rings is 1.